The Kier molecular flexibility index (Phi) is 3.53. The zero-order chi connectivity index (χ0) is 14.1. The van der Waals surface area contributed by atoms with E-state index < -0.39 is 0 Å². The van der Waals surface area contributed by atoms with Gasteiger partial charge in [0.15, 0.2) is 0 Å². The van der Waals surface area contributed by atoms with Crippen molar-refractivity contribution in [3.05, 3.63) is 59.7 Å². The molecule has 0 bridgehead atoms. The molecule has 1 amide bonds. The Morgan fingerprint density at radius 3 is 2.55 bits per heavy atom. The van der Waals surface area contributed by atoms with E-state index in [1.165, 1.54) is 16.0 Å². The van der Waals surface area contributed by atoms with Crippen LogP contribution in [0.2, 0.25) is 0 Å². The second-order valence-corrected chi connectivity index (χ2v) is 6.39. The number of rotatable bonds is 1. The lowest BCUT2D eigenvalue weighted by molar-refractivity contribution is -0.118. The molecule has 0 N–H and O–H groups in total. The zero-order valence-corrected chi connectivity index (χ0v) is 12.5. The van der Waals surface area contributed by atoms with Crippen molar-refractivity contribution in [2.75, 3.05) is 11.9 Å². The minimum Gasteiger partial charge on any atom is -0.314 e. The second-order valence-electron chi connectivity index (χ2n) is 5.14. The number of thioether (sulfide) groups is 1. The van der Waals surface area contributed by atoms with Gasteiger partial charge in [-0.2, -0.15) is 0 Å². The van der Waals surface area contributed by atoms with Crippen LogP contribution in [-0.4, -0.2) is 13.0 Å². The number of para-hydroxylation sites is 1. The summed E-state index contributed by atoms with van der Waals surface area (Å²) in [7, 11) is 1.86. The first-order chi connectivity index (χ1) is 9.65. The molecule has 0 spiro atoms. The van der Waals surface area contributed by atoms with Gasteiger partial charge in [-0.3, -0.25) is 4.79 Å². The van der Waals surface area contributed by atoms with E-state index in [0.29, 0.717) is 6.42 Å². The molecule has 1 atom stereocenters. The van der Waals surface area contributed by atoms with E-state index in [2.05, 4.69) is 37.3 Å². The fraction of sp³-hybridized carbons (Fsp3) is 0.235. The largest absolute Gasteiger partial charge is 0.314 e. The molecule has 1 aliphatic rings. The molecule has 1 aliphatic heterocycles. The van der Waals surface area contributed by atoms with Gasteiger partial charge in [0.1, 0.15) is 0 Å². The minimum absolute atomic E-state index is 0.174. The molecule has 0 saturated carbocycles. The molecular weight excluding hydrogens is 266 g/mol. The fourth-order valence-corrected chi connectivity index (χ4v) is 3.73. The number of carbonyl (C=O) groups excluding carboxylic acids is 1. The van der Waals surface area contributed by atoms with Gasteiger partial charge in [-0.15, -0.1) is 11.8 Å². The summed E-state index contributed by atoms with van der Waals surface area (Å²) in [5.41, 5.74) is 3.48. The molecule has 3 rings (SSSR count). The molecule has 0 radical (unpaired) electrons. The monoisotopic (exact) mass is 283 g/mol. The van der Waals surface area contributed by atoms with Gasteiger partial charge in [0.2, 0.25) is 5.91 Å². The summed E-state index contributed by atoms with van der Waals surface area (Å²) in [5, 5.41) is 0.189. The molecule has 3 heteroatoms. The predicted molar refractivity (Wildman–Crippen MR) is 84.2 cm³/mol. The minimum atomic E-state index is 0.174. The second kappa shape index (κ2) is 5.33. The number of aryl methyl sites for hydroxylation is 1. The molecule has 1 heterocycles. The van der Waals surface area contributed by atoms with Gasteiger partial charge in [-0.1, -0.05) is 42.0 Å². The molecule has 2 nitrogen and oxygen atoms in total. The number of hydrogen-bond donors (Lipinski definition) is 0. The van der Waals surface area contributed by atoms with Crippen LogP contribution in [-0.2, 0) is 4.79 Å². The van der Waals surface area contributed by atoms with Crippen molar-refractivity contribution in [3.63, 3.8) is 0 Å². The average Bonchev–Trinajstić information content (AvgIpc) is 2.58. The van der Waals surface area contributed by atoms with E-state index in [1.54, 1.807) is 16.7 Å². The number of anilines is 1. The van der Waals surface area contributed by atoms with E-state index >= 15 is 0 Å². The maximum atomic E-state index is 12.3. The Bertz CT molecular complexity index is 636. The van der Waals surface area contributed by atoms with E-state index in [9.17, 15) is 4.79 Å². The number of benzene rings is 2. The fourth-order valence-electron chi connectivity index (χ4n) is 2.43. The van der Waals surface area contributed by atoms with Crippen LogP contribution in [0.4, 0.5) is 5.69 Å². The molecule has 0 aliphatic carbocycles. The molecule has 0 saturated heterocycles. The van der Waals surface area contributed by atoms with Crippen molar-refractivity contribution in [2.24, 2.45) is 0 Å². The van der Waals surface area contributed by atoms with Crippen molar-refractivity contribution in [1.29, 1.82) is 0 Å². The van der Waals surface area contributed by atoms with Gasteiger partial charge in [-0.25, -0.2) is 0 Å². The van der Waals surface area contributed by atoms with Crippen LogP contribution in [0.1, 0.15) is 22.8 Å². The average molecular weight is 283 g/mol. The molecular formula is C17H17NOS. The lowest BCUT2D eigenvalue weighted by atomic mass is 10.1. The Balaban J connectivity index is 1.99. The summed E-state index contributed by atoms with van der Waals surface area (Å²) >= 11 is 1.78. The van der Waals surface area contributed by atoms with E-state index in [4.69, 9.17) is 0 Å². The predicted octanol–water partition coefficient (Wildman–Crippen LogP) is 4.19. The van der Waals surface area contributed by atoms with E-state index in [0.717, 1.165) is 5.69 Å². The van der Waals surface area contributed by atoms with Crippen LogP contribution >= 0.6 is 11.8 Å². The third-order valence-corrected chi connectivity index (χ3v) is 5.00. The highest BCUT2D eigenvalue weighted by atomic mass is 32.2. The van der Waals surface area contributed by atoms with Crippen molar-refractivity contribution in [3.8, 4) is 0 Å². The highest BCUT2D eigenvalue weighted by Crippen LogP contribution is 2.44. The summed E-state index contributed by atoms with van der Waals surface area (Å²) < 4.78 is 0. The van der Waals surface area contributed by atoms with Crippen LogP contribution < -0.4 is 4.90 Å². The topological polar surface area (TPSA) is 20.3 Å². The van der Waals surface area contributed by atoms with Gasteiger partial charge < -0.3 is 4.90 Å². The zero-order valence-electron chi connectivity index (χ0n) is 11.7. The first-order valence-electron chi connectivity index (χ1n) is 6.74. The summed E-state index contributed by atoms with van der Waals surface area (Å²) in [6, 6.07) is 16.6. The Hall–Kier alpha value is -1.74. The summed E-state index contributed by atoms with van der Waals surface area (Å²) in [6.45, 7) is 2.08. The van der Waals surface area contributed by atoms with Crippen LogP contribution in [0.3, 0.4) is 0 Å². The standard InChI is InChI=1S/C17H17NOS/c1-12-7-9-13(10-8-12)16-11-17(19)18(2)14-5-3-4-6-15(14)20-16/h3-10,16H,11H2,1-2H3. The third kappa shape index (κ3) is 2.46. The first-order valence-corrected chi connectivity index (χ1v) is 7.62. The van der Waals surface area contributed by atoms with Crippen LogP contribution in [0.15, 0.2) is 53.4 Å². The Morgan fingerprint density at radius 1 is 1.10 bits per heavy atom. The molecule has 2 aromatic rings. The van der Waals surface area contributed by atoms with Crippen molar-refractivity contribution in [1.82, 2.24) is 0 Å². The number of amides is 1. The molecule has 2 aromatic carbocycles. The first kappa shape index (κ1) is 13.3. The Morgan fingerprint density at radius 2 is 1.80 bits per heavy atom. The number of hydrogen-bond acceptors (Lipinski definition) is 2. The third-order valence-electron chi connectivity index (χ3n) is 3.68. The smallest absolute Gasteiger partial charge is 0.228 e. The lowest BCUT2D eigenvalue weighted by Crippen LogP contribution is -2.25. The van der Waals surface area contributed by atoms with Gasteiger partial charge in [0.25, 0.3) is 0 Å². The molecule has 20 heavy (non-hydrogen) atoms. The molecule has 0 fully saturated rings. The number of carbonyl (C=O) groups is 1. The van der Waals surface area contributed by atoms with Gasteiger partial charge in [-0.05, 0) is 24.6 Å². The van der Waals surface area contributed by atoms with Gasteiger partial charge in [0, 0.05) is 23.6 Å². The highest BCUT2D eigenvalue weighted by molar-refractivity contribution is 7.99. The summed E-state index contributed by atoms with van der Waals surface area (Å²) in [5.74, 6) is 0.174. The van der Waals surface area contributed by atoms with E-state index in [-0.39, 0.29) is 11.2 Å². The quantitative estimate of drug-likeness (QED) is 0.782. The van der Waals surface area contributed by atoms with Crippen molar-refractivity contribution >= 4 is 23.4 Å². The maximum absolute atomic E-state index is 12.3. The molecule has 102 valence electrons. The van der Waals surface area contributed by atoms with E-state index in [1.807, 2.05) is 25.2 Å². The normalized spacial score (nSPS) is 18.6. The van der Waals surface area contributed by atoms with Crippen molar-refractivity contribution in [2.45, 2.75) is 23.5 Å². The number of fused-ring (bicyclic) bond motifs is 1. The van der Waals surface area contributed by atoms with Crippen LogP contribution in [0.25, 0.3) is 0 Å². The SMILES string of the molecule is Cc1ccc(C2CC(=O)N(C)c3ccccc3S2)cc1. The van der Waals surface area contributed by atoms with Gasteiger partial charge in [0.05, 0.1) is 5.69 Å². The summed E-state index contributed by atoms with van der Waals surface area (Å²) in [6.07, 6.45) is 0.541. The maximum Gasteiger partial charge on any atom is 0.228 e. The Labute approximate surface area is 123 Å². The highest BCUT2D eigenvalue weighted by Gasteiger charge is 2.26. The lowest BCUT2D eigenvalue weighted by Gasteiger charge is -2.16. The van der Waals surface area contributed by atoms with Crippen LogP contribution in [0.5, 0.6) is 0 Å². The summed E-state index contributed by atoms with van der Waals surface area (Å²) in [4.78, 5) is 15.3. The van der Waals surface area contributed by atoms with Gasteiger partial charge >= 0.3 is 0 Å². The van der Waals surface area contributed by atoms with Crippen LogP contribution in [0, 0.1) is 6.92 Å². The number of nitrogens with zero attached hydrogens (tertiary/aromatic N) is 1. The van der Waals surface area contributed by atoms with Crippen molar-refractivity contribution < 1.29 is 4.79 Å². The molecule has 1 unspecified atom stereocenters. The molecule has 0 aromatic heterocycles.